The van der Waals surface area contributed by atoms with Gasteiger partial charge in [0.25, 0.3) is 5.91 Å². The lowest BCUT2D eigenvalue weighted by Gasteiger charge is -2.28. The van der Waals surface area contributed by atoms with Crippen LogP contribution in [0.5, 0.6) is 0 Å². The molecular weight excluding hydrogens is 355 g/mol. The summed E-state index contributed by atoms with van der Waals surface area (Å²) >= 11 is 0. The van der Waals surface area contributed by atoms with Crippen molar-refractivity contribution in [3.63, 3.8) is 0 Å². The third kappa shape index (κ3) is 4.11. The number of nitrogens with one attached hydrogen (secondary N) is 2. The molecule has 0 bridgehead atoms. The Bertz CT molecular complexity index is 932. The number of carbonyl (C=O) groups excluding carboxylic acids is 1. The molecule has 2 heterocycles. The van der Waals surface area contributed by atoms with E-state index in [1.165, 1.54) is 17.8 Å². The molecular formula is C22H23FN4O. The Morgan fingerprint density at radius 3 is 2.68 bits per heavy atom. The Labute approximate surface area is 163 Å². The molecule has 6 heteroatoms. The van der Waals surface area contributed by atoms with Crippen molar-refractivity contribution in [3.8, 4) is 11.1 Å². The van der Waals surface area contributed by atoms with Gasteiger partial charge in [-0.25, -0.2) is 4.39 Å². The number of aromatic nitrogens is 3. The number of rotatable bonds is 5. The van der Waals surface area contributed by atoms with Gasteiger partial charge in [-0.15, -0.1) is 0 Å². The number of hydrogen-bond acceptors (Lipinski definition) is 3. The Morgan fingerprint density at radius 1 is 1.14 bits per heavy atom. The first-order chi connectivity index (χ1) is 13.7. The van der Waals surface area contributed by atoms with Gasteiger partial charge in [-0.05, 0) is 67.5 Å². The number of aromatic amines is 1. The molecule has 1 aliphatic carbocycles. The molecule has 3 aromatic rings. The van der Waals surface area contributed by atoms with Crippen LogP contribution in [0.4, 0.5) is 4.39 Å². The molecule has 2 N–H and O–H groups in total. The molecule has 144 valence electrons. The highest BCUT2D eigenvalue weighted by atomic mass is 19.1. The van der Waals surface area contributed by atoms with E-state index in [9.17, 15) is 9.18 Å². The van der Waals surface area contributed by atoms with Crippen LogP contribution >= 0.6 is 0 Å². The highest BCUT2D eigenvalue weighted by molar-refractivity contribution is 5.94. The summed E-state index contributed by atoms with van der Waals surface area (Å²) < 4.78 is 13.3. The smallest absolute Gasteiger partial charge is 0.251 e. The molecule has 0 aliphatic heterocycles. The maximum absolute atomic E-state index is 13.3. The van der Waals surface area contributed by atoms with Gasteiger partial charge >= 0.3 is 0 Å². The second kappa shape index (κ2) is 8.33. The first kappa shape index (κ1) is 18.3. The van der Waals surface area contributed by atoms with E-state index in [4.69, 9.17) is 0 Å². The Morgan fingerprint density at radius 2 is 1.93 bits per heavy atom. The van der Waals surface area contributed by atoms with Crippen LogP contribution in [0.25, 0.3) is 11.1 Å². The van der Waals surface area contributed by atoms with E-state index in [2.05, 4.69) is 20.5 Å². The highest BCUT2D eigenvalue weighted by Crippen LogP contribution is 2.38. The number of halogens is 1. The van der Waals surface area contributed by atoms with Crippen molar-refractivity contribution >= 4 is 5.91 Å². The van der Waals surface area contributed by atoms with Gasteiger partial charge in [-0.2, -0.15) is 5.10 Å². The van der Waals surface area contributed by atoms with Crippen molar-refractivity contribution in [2.45, 2.75) is 31.6 Å². The fourth-order valence-corrected chi connectivity index (χ4v) is 3.99. The topological polar surface area (TPSA) is 70.7 Å². The lowest BCUT2D eigenvalue weighted by atomic mass is 9.79. The van der Waals surface area contributed by atoms with Crippen molar-refractivity contribution < 1.29 is 9.18 Å². The lowest BCUT2D eigenvalue weighted by molar-refractivity contribution is 0.0942. The quantitative estimate of drug-likeness (QED) is 0.695. The normalized spacial score (nSPS) is 19.3. The first-order valence-corrected chi connectivity index (χ1v) is 9.68. The predicted molar refractivity (Wildman–Crippen MR) is 105 cm³/mol. The molecule has 28 heavy (non-hydrogen) atoms. The Hall–Kier alpha value is -3.02. The van der Waals surface area contributed by atoms with E-state index in [1.54, 1.807) is 24.5 Å². The minimum absolute atomic E-state index is 0.213. The number of amides is 1. The van der Waals surface area contributed by atoms with Crippen molar-refractivity contribution in [3.05, 3.63) is 72.1 Å². The Balaban J connectivity index is 1.32. The van der Waals surface area contributed by atoms with Gasteiger partial charge in [-0.3, -0.25) is 14.9 Å². The van der Waals surface area contributed by atoms with Gasteiger partial charge in [0.15, 0.2) is 0 Å². The van der Waals surface area contributed by atoms with E-state index in [1.807, 2.05) is 18.3 Å². The minimum atomic E-state index is -0.391. The molecule has 1 aliphatic rings. The molecule has 0 unspecified atom stereocenters. The number of hydrogen-bond donors (Lipinski definition) is 2. The molecule has 0 atom stereocenters. The maximum atomic E-state index is 13.3. The third-order valence-electron chi connectivity index (χ3n) is 5.55. The molecule has 1 aromatic carbocycles. The second-order valence-electron chi connectivity index (χ2n) is 7.37. The van der Waals surface area contributed by atoms with Crippen molar-refractivity contribution in [2.75, 3.05) is 6.54 Å². The molecule has 4 rings (SSSR count). The fourth-order valence-electron chi connectivity index (χ4n) is 3.99. The van der Waals surface area contributed by atoms with Crippen molar-refractivity contribution in [1.82, 2.24) is 20.5 Å². The van der Waals surface area contributed by atoms with Gasteiger partial charge < -0.3 is 5.32 Å². The zero-order valence-electron chi connectivity index (χ0n) is 15.6. The van der Waals surface area contributed by atoms with Crippen LogP contribution in [0.1, 0.15) is 47.7 Å². The third-order valence-corrected chi connectivity index (χ3v) is 5.55. The lowest BCUT2D eigenvalue weighted by Crippen LogP contribution is -2.31. The SMILES string of the molecule is O=C(NCC1CCC(c2[nH]ncc2-c2ccncc2)CC1)c1cccc(F)c1. The van der Waals surface area contributed by atoms with Crippen LogP contribution in [0.15, 0.2) is 55.0 Å². The van der Waals surface area contributed by atoms with Crippen LogP contribution in [-0.4, -0.2) is 27.6 Å². The molecule has 5 nitrogen and oxygen atoms in total. The van der Waals surface area contributed by atoms with Gasteiger partial charge in [0.2, 0.25) is 0 Å². The first-order valence-electron chi connectivity index (χ1n) is 9.68. The van der Waals surface area contributed by atoms with E-state index < -0.39 is 5.82 Å². The number of benzene rings is 1. The molecule has 1 saturated carbocycles. The monoisotopic (exact) mass is 378 g/mol. The van der Waals surface area contributed by atoms with E-state index in [0.29, 0.717) is 23.9 Å². The van der Waals surface area contributed by atoms with E-state index in [-0.39, 0.29) is 5.91 Å². The van der Waals surface area contributed by atoms with Crippen LogP contribution in [-0.2, 0) is 0 Å². The summed E-state index contributed by atoms with van der Waals surface area (Å²) in [4.78, 5) is 16.3. The van der Waals surface area contributed by atoms with Crippen molar-refractivity contribution in [1.29, 1.82) is 0 Å². The van der Waals surface area contributed by atoms with Crippen LogP contribution < -0.4 is 5.32 Å². The molecule has 0 spiro atoms. The standard InChI is InChI=1S/C22H23FN4O/c23-19-3-1-2-18(12-19)22(28)25-13-15-4-6-17(7-5-15)21-20(14-26-27-21)16-8-10-24-11-9-16/h1-3,8-12,14-15,17H,4-7,13H2,(H,25,28)(H,26,27). The maximum Gasteiger partial charge on any atom is 0.251 e. The highest BCUT2D eigenvalue weighted by Gasteiger charge is 2.26. The minimum Gasteiger partial charge on any atom is -0.352 e. The average Bonchev–Trinajstić information content (AvgIpc) is 3.23. The largest absolute Gasteiger partial charge is 0.352 e. The Kier molecular flexibility index (Phi) is 5.46. The van der Waals surface area contributed by atoms with Crippen molar-refractivity contribution in [2.24, 2.45) is 5.92 Å². The summed E-state index contributed by atoms with van der Waals surface area (Å²) in [6.07, 6.45) is 9.68. The predicted octanol–water partition coefficient (Wildman–Crippen LogP) is 4.31. The zero-order chi connectivity index (χ0) is 19.3. The number of nitrogens with zero attached hydrogens (tertiary/aromatic N) is 2. The van der Waals surface area contributed by atoms with Gasteiger partial charge in [0.1, 0.15) is 5.82 Å². The van der Waals surface area contributed by atoms with Gasteiger partial charge in [0.05, 0.1) is 6.20 Å². The summed E-state index contributed by atoms with van der Waals surface area (Å²) in [5.74, 6) is 0.287. The summed E-state index contributed by atoms with van der Waals surface area (Å²) in [7, 11) is 0. The van der Waals surface area contributed by atoms with Gasteiger partial charge in [-0.1, -0.05) is 6.07 Å². The number of pyridine rings is 1. The molecule has 1 fully saturated rings. The van der Waals surface area contributed by atoms with E-state index in [0.717, 1.165) is 36.8 Å². The van der Waals surface area contributed by atoms with Crippen LogP contribution in [0.3, 0.4) is 0 Å². The summed E-state index contributed by atoms with van der Waals surface area (Å²) in [5, 5.41) is 10.4. The summed E-state index contributed by atoms with van der Waals surface area (Å²) in [6.45, 7) is 0.627. The summed E-state index contributed by atoms with van der Waals surface area (Å²) in [5.41, 5.74) is 3.83. The zero-order valence-corrected chi connectivity index (χ0v) is 15.6. The molecule has 0 saturated heterocycles. The molecule has 2 aromatic heterocycles. The summed E-state index contributed by atoms with van der Waals surface area (Å²) in [6, 6.07) is 9.80. The molecule has 1 amide bonds. The average molecular weight is 378 g/mol. The van der Waals surface area contributed by atoms with E-state index >= 15 is 0 Å². The fraction of sp³-hybridized carbons (Fsp3) is 0.318. The number of carbonyl (C=O) groups is 1. The molecule has 0 radical (unpaired) electrons. The van der Waals surface area contributed by atoms with Crippen LogP contribution in [0.2, 0.25) is 0 Å². The number of H-pyrrole nitrogens is 1. The van der Waals surface area contributed by atoms with Crippen LogP contribution in [0, 0.1) is 11.7 Å². The second-order valence-corrected chi connectivity index (χ2v) is 7.37. The van der Waals surface area contributed by atoms with Gasteiger partial charge in [0, 0.05) is 41.7 Å².